The smallest absolute Gasteiger partial charge is 0.255 e. The summed E-state index contributed by atoms with van der Waals surface area (Å²) in [5.41, 5.74) is 0.563. The zero-order chi connectivity index (χ0) is 14.5. The number of rotatable bonds is 4. The molecule has 2 aromatic carbocycles. The Morgan fingerprint density at radius 2 is 1.86 bits per heavy atom. The molecule has 2 N–H and O–H groups in total. The number of carbonyl (C=O) groups is 1. The van der Waals surface area contributed by atoms with E-state index < -0.39 is 0 Å². The Morgan fingerprint density at radius 1 is 1.10 bits per heavy atom. The molecule has 0 saturated carbocycles. The molecule has 4 nitrogen and oxygen atoms in total. The molecule has 4 heteroatoms. The molecule has 0 radical (unpaired) electrons. The van der Waals surface area contributed by atoms with Crippen molar-refractivity contribution in [2.24, 2.45) is 0 Å². The lowest BCUT2D eigenvalue weighted by Gasteiger charge is -2.14. The fraction of sp³-hybridized carbons (Fsp3) is 0.235. The lowest BCUT2D eigenvalue weighted by Crippen LogP contribution is -2.36. The third kappa shape index (κ3) is 3.41. The summed E-state index contributed by atoms with van der Waals surface area (Å²) in [5.74, 6) is 1.21. The molecule has 1 aliphatic heterocycles. The normalized spacial score (nSPS) is 17.4. The standard InChI is InChI=1S/C17H18N2O2/c20-17(19-13-10-11-18-12-13)15-8-4-5-9-16(15)21-14-6-2-1-3-7-14/h1-9,13,18H,10-12H2,(H,19,20). The van der Waals surface area contributed by atoms with Gasteiger partial charge in [0, 0.05) is 12.6 Å². The van der Waals surface area contributed by atoms with E-state index in [4.69, 9.17) is 4.74 Å². The average molecular weight is 282 g/mol. The summed E-state index contributed by atoms with van der Waals surface area (Å²) in [6.07, 6.45) is 0.966. The highest BCUT2D eigenvalue weighted by Gasteiger charge is 2.19. The van der Waals surface area contributed by atoms with Gasteiger partial charge in [0.1, 0.15) is 11.5 Å². The minimum atomic E-state index is -0.0877. The number of hydrogen-bond acceptors (Lipinski definition) is 3. The molecule has 2 aromatic rings. The maximum Gasteiger partial charge on any atom is 0.255 e. The minimum absolute atomic E-state index is 0.0877. The van der Waals surface area contributed by atoms with E-state index in [0.29, 0.717) is 11.3 Å². The summed E-state index contributed by atoms with van der Waals surface area (Å²) >= 11 is 0. The van der Waals surface area contributed by atoms with E-state index in [0.717, 1.165) is 25.3 Å². The summed E-state index contributed by atoms with van der Waals surface area (Å²) in [6, 6.07) is 17.0. The largest absolute Gasteiger partial charge is 0.457 e. The lowest BCUT2D eigenvalue weighted by molar-refractivity contribution is 0.0938. The van der Waals surface area contributed by atoms with E-state index in [-0.39, 0.29) is 11.9 Å². The molecule has 0 aromatic heterocycles. The molecule has 0 aliphatic carbocycles. The maximum absolute atomic E-state index is 12.4. The Labute approximate surface area is 124 Å². The molecule has 1 heterocycles. The summed E-state index contributed by atoms with van der Waals surface area (Å²) < 4.78 is 5.82. The highest BCUT2D eigenvalue weighted by Crippen LogP contribution is 2.25. The van der Waals surface area contributed by atoms with Crippen molar-refractivity contribution in [3.8, 4) is 11.5 Å². The number of amides is 1. The molecule has 0 spiro atoms. The van der Waals surface area contributed by atoms with E-state index in [1.807, 2.05) is 48.5 Å². The first-order valence-corrected chi connectivity index (χ1v) is 7.16. The molecular formula is C17H18N2O2. The van der Waals surface area contributed by atoms with Gasteiger partial charge in [-0.05, 0) is 37.2 Å². The zero-order valence-electron chi connectivity index (χ0n) is 11.7. The van der Waals surface area contributed by atoms with E-state index >= 15 is 0 Å². The second kappa shape index (κ2) is 6.41. The second-order valence-electron chi connectivity index (χ2n) is 5.07. The predicted molar refractivity (Wildman–Crippen MR) is 81.7 cm³/mol. The minimum Gasteiger partial charge on any atom is -0.457 e. The van der Waals surface area contributed by atoms with Crippen LogP contribution in [-0.2, 0) is 0 Å². The van der Waals surface area contributed by atoms with Crippen molar-refractivity contribution in [3.63, 3.8) is 0 Å². The zero-order valence-corrected chi connectivity index (χ0v) is 11.7. The Morgan fingerprint density at radius 3 is 2.62 bits per heavy atom. The van der Waals surface area contributed by atoms with Gasteiger partial charge in [-0.15, -0.1) is 0 Å². The number of carbonyl (C=O) groups excluding carboxylic acids is 1. The van der Waals surface area contributed by atoms with Gasteiger partial charge < -0.3 is 15.4 Å². The Hall–Kier alpha value is -2.33. The van der Waals surface area contributed by atoms with Crippen LogP contribution >= 0.6 is 0 Å². The summed E-state index contributed by atoms with van der Waals surface area (Å²) in [4.78, 5) is 12.4. The van der Waals surface area contributed by atoms with E-state index in [1.54, 1.807) is 6.07 Å². The van der Waals surface area contributed by atoms with Crippen LogP contribution in [0.5, 0.6) is 11.5 Å². The summed E-state index contributed by atoms with van der Waals surface area (Å²) in [5, 5.41) is 6.28. The van der Waals surface area contributed by atoms with Crippen LogP contribution in [0.1, 0.15) is 16.8 Å². The van der Waals surface area contributed by atoms with E-state index in [2.05, 4.69) is 10.6 Å². The van der Waals surface area contributed by atoms with Gasteiger partial charge in [-0.2, -0.15) is 0 Å². The average Bonchev–Trinajstić information content (AvgIpc) is 3.02. The molecular weight excluding hydrogens is 264 g/mol. The van der Waals surface area contributed by atoms with Crippen molar-refractivity contribution in [1.29, 1.82) is 0 Å². The Bertz CT molecular complexity index is 607. The molecule has 1 fully saturated rings. The van der Waals surface area contributed by atoms with Gasteiger partial charge in [0.2, 0.25) is 0 Å². The molecule has 3 rings (SSSR count). The fourth-order valence-electron chi connectivity index (χ4n) is 2.40. The first kappa shape index (κ1) is 13.6. The van der Waals surface area contributed by atoms with Crippen LogP contribution in [0.4, 0.5) is 0 Å². The van der Waals surface area contributed by atoms with Crippen LogP contribution in [0.25, 0.3) is 0 Å². The number of ether oxygens (including phenoxy) is 1. The molecule has 1 unspecified atom stereocenters. The van der Waals surface area contributed by atoms with Crippen molar-refractivity contribution in [1.82, 2.24) is 10.6 Å². The van der Waals surface area contributed by atoms with Gasteiger partial charge in [0.25, 0.3) is 5.91 Å². The quantitative estimate of drug-likeness (QED) is 0.906. The summed E-state index contributed by atoms with van der Waals surface area (Å²) in [7, 11) is 0. The van der Waals surface area contributed by atoms with Crippen molar-refractivity contribution >= 4 is 5.91 Å². The lowest BCUT2D eigenvalue weighted by atomic mass is 10.1. The topological polar surface area (TPSA) is 50.4 Å². The summed E-state index contributed by atoms with van der Waals surface area (Å²) in [6.45, 7) is 1.78. The van der Waals surface area contributed by atoms with E-state index in [1.165, 1.54) is 0 Å². The molecule has 1 atom stereocenters. The molecule has 1 amide bonds. The predicted octanol–water partition coefficient (Wildman–Crippen LogP) is 2.57. The monoisotopic (exact) mass is 282 g/mol. The number of nitrogens with one attached hydrogen (secondary N) is 2. The SMILES string of the molecule is O=C(NC1CCNC1)c1ccccc1Oc1ccccc1. The highest BCUT2D eigenvalue weighted by molar-refractivity contribution is 5.97. The van der Waals surface area contributed by atoms with Crippen LogP contribution in [0.15, 0.2) is 54.6 Å². The van der Waals surface area contributed by atoms with Crippen LogP contribution in [0, 0.1) is 0 Å². The fourth-order valence-corrected chi connectivity index (χ4v) is 2.40. The molecule has 21 heavy (non-hydrogen) atoms. The van der Waals surface area contributed by atoms with E-state index in [9.17, 15) is 4.79 Å². The van der Waals surface area contributed by atoms with Crippen molar-refractivity contribution < 1.29 is 9.53 Å². The maximum atomic E-state index is 12.4. The van der Waals surface area contributed by atoms with Crippen molar-refractivity contribution in [3.05, 3.63) is 60.2 Å². The van der Waals surface area contributed by atoms with Crippen molar-refractivity contribution in [2.45, 2.75) is 12.5 Å². The van der Waals surface area contributed by atoms with Gasteiger partial charge in [-0.25, -0.2) is 0 Å². The number of hydrogen-bond donors (Lipinski definition) is 2. The third-order valence-electron chi connectivity index (χ3n) is 3.50. The molecule has 108 valence electrons. The van der Waals surface area contributed by atoms with Crippen LogP contribution in [0.2, 0.25) is 0 Å². The first-order chi connectivity index (χ1) is 10.3. The van der Waals surface area contributed by atoms with Crippen LogP contribution in [-0.4, -0.2) is 25.0 Å². The van der Waals surface area contributed by atoms with Gasteiger partial charge in [0.05, 0.1) is 5.56 Å². The van der Waals surface area contributed by atoms with Gasteiger partial charge in [-0.1, -0.05) is 30.3 Å². The van der Waals surface area contributed by atoms with Gasteiger partial charge >= 0.3 is 0 Å². The number of benzene rings is 2. The molecule has 0 bridgehead atoms. The highest BCUT2D eigenvalue weighted by atomic mass is 16.5. The third-order valence-corrected chi connectivity index (χ3v) is 3.50. The Kier molecular flexibility index (Phi) is 4.17. The van der Waals surface area contributed by atoms with Crippen LogP contribution in [0.3, 0.4) is 0 Å². The second-order valence-corrected chi connectivity index (χ2v) is 5.07. The van der Waals surface area contributed by atoms with Crippen molar-refractivity contribution in [2.75, 3.05) is 13.1 Å². The van der Waals surface area contributed by atoms with Gasteiger partial charge in [-0.3, -0.25) is 4.79 Å². The van der Waals surface area contributed by atoms with Gasteiger partial charge in [0.15, 0.2) is 0 Å². The first-order valence-electron chi connectivity index (χ1n) is 7.16. The molecule has 1 saturated heterocycles. The molecule has 1 aliphatic rings. The number of para-hydroxylation sites is 2. The van der Waals surface area contributed by atoms with Crippen LogP contribution < -0.4 is 15.4 Å². The Balaban J connectivity index is 1.77.